The second-order valence-electron chi connectivity index (χ2n) is 4.40. The number of aliphatic carboxylic acids is 1. The lowest BCUT2D eigenvalue weighted by Crippen LogP contribution is -2.34. The SMILES string of the molecule is CCc1cnc(SCC(=O)O)n1C(C)C(=O)NCCOC. The minimum absolute atomic E-state index is 0.0851. The molecule has 0 spiro atoms. The number of thioether (sulfide) groups is 1. The van der Waals surface area contributed by atoms with Gasteiger partial charge in [0.25, 0.3) is 0 Å². The van der Waals surface area contributed by atoms with Crippen molar-refractivity contribution < 1.29 is 19.4 Å². The first kappa shape index (κ1) is 17.5. The van der Waals surface area contributed by atoms with Crippen molar-refractivity contribution in [3.63, 3.8) is 0 Å². The molecule has 1 aromatic rings. The number of nitrogens with one attached hydrogen (secondary N) is 1. The predicted octanol–water partition coefficient (Wildman–Crippen LogP) is 0.946. The molecule has 7 nitrogen and oxygen atoms in total. The van der Waals surface area contributed by atoms with Crippen LogP contribution in [0.1, 0.15) is 25.6 Å². The number of hydrogen-bond donors (Lipinski definition) is 2. The molecule has 2 N–H and O–H groups in total. The first-order valence-corrected chi connectivity index (χ1v) is 7.67. The first-order valence-electron chi connectivity index (χ1n) is 6.68. The highest BCUT2D eigenvalue weighted by molar-refractivity contribution is 7.99. The number of rotatable bonds is 9. The van der Waals surface area contributed by atoms with Gasteiger partial charge in [0, 0.05) is 25.5 Å². The van der Waals surface area contributed by atoms with Crippen molar-refractivity contribution in [2.24, 2.45) is 0 Å². The summed E-state index contributed by atoms with van der Waals surface area (Å²) in [6.07, 6.45) is 2.40. The van der Waals surface area contributed by atoms with Crippen molar-refractivity contribution in [2.45, 2.75) is 31.5 Å². The van der Waals surface area contributed by atoms with E-state index in [1.807, 2.05) is 6.92 Å². The van der Waals surface area contributed by atoms with Gasteiger partial charge in [-0.05, 0) is 13.3 Å². The molecule has 0 radical (unpaired) electrons. The van der Waals surface area contributed by atoms with E-state index in [2.05, 4.69) is 10.3 Å². The number of imidazole rings is 1. The van der Waals surface area contributed by atoms with Crippen LogP contribution in [0, 0.1) is 0 Å². The number of carboxylic acids is 1. The lowest BCUT2D eigenvalue weighted by Gasteiger charge is -2.18. The molecule has 0 fully saturated rings. The standard InChI is InChI=1S/C13H21N3O4S/c1-4-10-7-15-13(21-8-11(17)18)16(10)9(2)12(19)14-5-6-20-3/h7,9H,4-6,8H2,1-3H3,(H,14,19)(H,17,18). The quantitative estimate of drug-likeness (QED) is 0.520. The number of methoxy groups -OCH3 is 1. The molecule has 1 atom stereocenters. The smallest absolute Gasteiger partial charge is 0.313 e. The number of aromatic nitrogens is 2. The molecular formula is C13H21N3O4S. The summed E-state index contributed by atoms with van der Waals surface area (Å²) in [4.78, 5) is 27.0. The van der Waals surface area contributed by atoms with Crippen molar-refractivity contribution >= 4 is 23.6 Å². The molecule has 1 amide bonds. The molecule has 1 aromatic heterocycles. The highest BCUT2D eigenvalue weighted by Crippen LogP contribution is 2.23. The van der Waals surface area contributed by atoms with Crippen LogP contribution >= 0.6 is 11.8 Å². The normalized spacial score (nSPS) is 12.1. The summed E-state index contributed by atoms with van der Waals surface area (Å²) in [6, 6.07) is -0.449. The monoisotopic (exact) mass is 315 g/mol. The van der Waals surface area contributed by atoms with Crippen molar-refractivity contribution in [2.75, 3.05) is 26.0 Å². The summed E-state index contributed by atoms with van der Waals surface area (Å²) < 4.78 is 6.68. The van der Waals surface area contributed by atoms with Gasteiger partial charge >= 0.3 is 5.97 Å². The maximum Gasteiger partial charge on any atom is 0.313 e. The Morgan fingerprint density at radius 1 is 1.57 bits per heavy atom. The van der Waals surface area contributed by atoms with Gasteiger partial charge in [-0.3, -0.25) is 9.59 Å². The Hall–Kier alpha value is -1.54. The molecule has 0 bridgehead atoms. The van der Waals surface area contributed by atoms with E-state index in [0.29, 0.717) is 18.3 Å². The molecule has 1 unspecified atom stereocenters. The summed E-state index contributed by atoms with van der Waals surface area (Å²) in [6.45, 7) is 4.62. The molecule has 0 saturated heterocycles. The summed E-state index contributed by atoms with van der Waals surface area (Å²) in [5.74, 6) is -1.14. The molecule has 118 valence electrons. The average Bonchev–Trinajstić information content (AvgIpc) is 2.87. The zero-order valence-corrected chi connectivity index (χ0v) is 13.3. The van der Waals surface area contributed by atoms with E-state index >= 15 is 0 Å². The number of carboxylic acid groups (broad SMARTS) is 1. The Morgan fingerprint density at radius 2 is 2.29 bits per heavy atom. The third kappa shape index (κ3) is 5.05. The fourth-order valence-electron chi connectivity index (χ4n) is 1.83. The molecule has 0 aliphatic heterocycles. The van der Waals surface area contributed by atoms with Crippen LogP contribution in [0.5, 0.6) is 0 Å². The molecular weight excluding hydrogens is 294 g/mol. The highest BCUT2D eigenvalue weighted by atomic mass is 32.2. The molecule has 1 rings (SSSR count). The van der Waals surface area contributed by atoms with Gasteiger partial charge in [0.2, 0.25) is 5.91 Å². The van der Waals surface area contributed by atoms with Crippen molar-refractivity contribution in [3.05, 3.63) is 11.9 Å². The van der Waals surface area contributed by atoms with E-state index in [0.717, 1.165) is 23.9 Å². The Morgan fingerprint density at radius 3 is 2.86 bits per heavy atom. The predicted molar refractivity (Wildman–Crippen MR) is 79.6 cm³/mol. The van der Waals surface area contributed by atoms with Crippen molar-refractivity contribution in [1.29, 1.82) is 0 Å². The number of hydrogen-bond acceptors (Lipinski definition) is 5. The zero-order valence-electron chi connectivity index (χ0n) is 12.5. The van der Waals surface area contributed by atoms with Crippen LogP contribution in [0.2, 0.25) is 0 Å². The summed E-state index contributed by atoms with van der Waals surface area (Å²) in [5, 5.41) is 12.1. The maximum atomic E-state index is 12.1. The summed E-state index contributed by atoms with van der Waals surface area (Å²) >= 11 is 1.11. The molecule has 8 heteroatoms. The van der Waals surface area contributed by atoms with Gasteiger partial charge in [0.1, 0.15) is 6.04 Å². The van der Waals surface area contributed by atoms with E-state index in [9.17, 15) is 9.59 Å². The number of carbonyl (C=O) groups excluding carboxylic acids is 1. The number of nitrogens with zero attached hydrogens (tertiary/aromatic N) is 2. The zero-order chi connectivity index (χ0) is 15.8. The number of ether oxygens (including phenoxy) is 1. The Balaban J connectivity index is 2.84. The highest BCUT2D eigenvalue weighted by Gasteiger charge is 2.21. The number of aryl methyl sites for hydroxylation is 1. The molecule has 0 aliphatic carbocycles. The van der Waals surface area contributed by atoms with E-state index in [4.69, 9.17) is 9.84 Å². The molecule has 21 heavy (non-hydrogen) atoms. The number of amides is 1. The van der Waals surface area contributed by atoms with Gasteiger partial charge in [0.15, 0.2) is 5.16 Å². The van der Waals surface area contributed by atoms with Gasteiger partial charge in [-0.25, -0.2) is 4.98 Å². The summed E-state index contributed by atoms with van der Waals surface area (Å²) in [7, 11) is 1.57. The van der Waals surface area contributed by atoms with Gasteiger partial charge in [-0.2, -0.15) is 0 Å². The first-order chi connectivity index (χ1) is 10.0. The second-order valence-corrected chi connectivity index (χ2v) is 5.34. The molecule has 1 heterocycles. The second kappa shape index (κ2) is 8.68. The van der Waals surface area contributed by atoms with Gasteiger partial charge in [-0.15, -0.1) is 0 Å². The lowest BCUT2D eigenvalue weighted by atomic mass is 10.2. The average molecular weight is 315 g/mol. The van der Waals surface area contributed by atoms with Gasteiger partial charge in [0.05, 0.1) is 12.4 Å². The van der Waals surface area contributed by atoms with E-state index in [1.165, 1.54) is 0 Å². The van der Waals surface area contributed by atoms with Crippen molar-refractivity contribution in [3.8, 4) is 0 Å². The van der Waals surface area contributed by atoms with E-state index in [1.54, 1.807) is 24.8 Å². The van der Waals surface area contributed by atoms with Crippen LogP contribution in [0.4, 0.5) is 0 Å². The fraction of sp³-hybridized carbons (Fsp3) is 0.615. The van der Waals surface area contributed by atoms with E-state index < -0.39 is 12.0 Å². The maximum absolute atomic E-state index is 12.1. The van der Waals surface area contributed by atoms with Crippen LogP contribution in [-0.2, 0) is 20.7 Å². The Labute approximate surface area is 128 Å². The van der Waals surface area contributed by atoms with Crippen LogP contribution in [0.15, 0.2) is 11.4 Å². The minimum Gasteiger partial charge on any atom is -0.481 e. The van der Waals surface area contributed by atoms with Crippen LogP contribution < -0.4 is 5.32 Å². The molecule has 0 aromatic carbocycles. The van der Waals surface area contributed by atoms with Gasteiger partial charge in [-0.1, -0.05) is 18.7 Å². The summed E-state index contributed by atoms with van der Waals surface area (Å²) in [5.41, 5.74) is 0.900. The Kier molecular flexibility index (Phi) is 7.24. The number of carbonyl (C=O) groups is 2. The van der Waals surface area contributed by atoms with Crippen molar-refractivity contribution in [1.82, 2.24) is 14.9 Å². The minimum atomic E-state index is -0.912. The Bertz CT molecular complexity index is 490. The lowest BCUT2D eigenvalue weighted by molar-refractivity contribution is -0.133. The third-order valence-electron chi connectivity index (χ3n) is 2.90. The topological polar surface area (TPSA) is 93.5 Å². The van der Waals surface area contributed by atoms with Gasteiger partial charge < -0.3 is 19.7 Å². The van der Waals surface area contributed by atoms with E-state index in [-0.39, 0.29) is 11.7 Å². The molecule has 0 saturated carbocycles. The molecule has 0 aliphatic rings. The fourth-order valence-corrected chi connectivity index (χ4v) is 2.62. The van der Waals surface area contributed by atoms with Crippen LogP contribution in [0.25, 0.3) is 0 Å². The largest absolute Gasteiger partial charge is 0.481 e. The van der Waals surface area contributed by atoms with Crippen LogP contribution in [0.3, 0.4) is 0 Å². The third-order valence-corrected chi connectivity index (χ3v) is 3.85. The van der Waals surface area contributed by atoms with Crippen LogP contribution in [-0.4, -0.2) is 52.5 Å².